The number of hydrogen-bond acceptors (Lipinski definition) is 6. The summed E-state index contributed by atoms with van der Waals surface area (Å²) in [6, 6.07) is 7.73. The third kappa shape index (κ3) is 3.61. The summed E-state index contributed by atoms with van der Waals surface area (Å²) in [4.78, 5) is 23.4. The van der Waals surface area contributed by atoms with Crippen molar-refractivity contribution in [3.05, 3.63) is 48.0 Å². The molecule has 0 amide bonds. The van der Waals surface area contributed by atoms with Gasteiger partial charge in [0.1, 0.15) is 5.69 Å². The Hall–Kier alpha value is -2.47. The first-order valence-electron chi connectivity index (χ1n) is 10.2. The van der Waals surface area contributed by atoms with Crippen LogP contribution in [-0.4, -0.2) is 47.5 Å². The summed E-state index contributed by atoms with van der Waals surface area (Å²) in [5, 5.41) is 8.87. The highest BCUT2D eigenvalue weighted by molar-refractivity contribution is 5.72. The van der Waals surface area contributed by atoms with Gasteiger partial charge in [-0.15, -0.1) is 0 Å². The quantitative estimate of drug-likeness (QED) is 0.824. The van der Waals surface area contributed by atoms with Crippen molar-refractivity contribution in [1.82, 2.24) is 9.97 Å². The van der Waals surface area contributed by atoms with Crippen molar-refractivity contribution in [1.29, 1.82) is 0 Å². The Morgan fingerprint density at radius 2 is 1.39 bits per heavy atom. The number of fused-ring (bicyclic) bond motifs is 2. The normalized spacial score (nSPS) is 28.9. The lowest BCUT2D eigenvalue weighted by Crippen LogP contribution is -2.21. The predicted molar refractivity (Wildman–Crippen MR) is 107 cm³/mol. The number of aldehydes is 1. The van der Waals surface area contributed by atoms with Crippen LogP contribution in [0.2, 0.25) is 0 Å². The third-order valence-electron chi connectivity index (χ3n) is 6.55. The summed E-state index contributed by atoms with van der Waals surface area (Å²) in [5.74, 6) is 3.77. The Balaban J connectivity index is 0.000000122. The highest BCUT2D eigenvalue weighted by Gasteiger charge is 2.45. The molecule has 6 nitrogen and oxygen atoms in total. The summed E-state index contributed by atoms with van der Waals surface area (Å²) in [5.41, 5.74) is 3.62. The minimum absolute atomic E-state index is 0.0333. The van der Waals surface area contributed by atoms with Crippen LogP contribution in [-0.2, 0) is 6.61 Å². The van der Waals surface area contributed by atoms with Crippen molar-refractivity contribution >= 4 is 17.7 Å². The van der Waals surface area contributed by atoms with Crippen LogP contribution in [0, 0.1) is 23.7 Å². The van der Waals surface area contributed by atoms with Gasteiger partial charge in [-0.2, -0.15) is 0 Å². The van der Waals surface area contributed by atoms with Crippen molar-refractivity contribution in [2.75, 3.05) is 36.0 Å². The topological polar surface area (TPSA) is 69.6 Å². The van der Waals surface area contributed by atoms with Gasteiger partial charge in [0.2, 0.25) is 0 Å². The van der Waals surface area contributed by atoms with E-state index in [0.717, 1.165) is 41.3 Å². The largest absolute Gasteiger partial charge is 0.390 e. The predicted octanol–water partition coefficient (Wildman–Crippen LogP) is 2.38. The molecule has 2 aromatic rings. The van der Waals surface area contributed by atoms with Crippen molar-refractivity contribution < 1.29 is 9.90 Å². The Labute approximate surface area is 165 Å². The molecule has 4 aliphatic rings. The van der Waals surface area contributed by atoms with Crippen molar-refractivity contribution in [3.63, 3.8) is 0 Å². The lowest BCUT2D eigenvalue weighted by atomic mass is 10.3. The van der Waals surface area contributed by atoms with Gasteiger partial charge in [-0.3, -0.25) is 14.8 Å². The van der Waals surface area contributed by atoms with E-state index in [1.165, 1.54) is 44.7 Å². The minimum atomic E-state index is 0.0333. The zero-order valence-corrected chi connectivity index (χ0v) is 15.9. The Morgan fingerprint density at radius 1 is 0.857 bits per heavy atom. The number of aromatic nitrogens is 2. The van der Waals surface area contributed by atoms with Gasteiger partial charge in [0, 0.05) is 26.2 Å². The van der Waals surface area contributed by atoms with Gasteiger partial charge in [-0.05, 0) is 60.8 Å². The fraction of sp³-hybridized carbons (Fsp3) is 0.500. The van der Waals surface area contributed by atoms with E-state index in [1.807, 2.05) is 18.3 Å². The van der Waals surface area contributed by atoms with Crippen LogP contribution in [0.25, 0.3) is 0 Å². The molecule has 4 heterocycles. The van der Waals surface area contributed by atoms with Gasteiger partial charge in [0.05, 0.1) is 36.1 Å². The van der Waals surface area contributed by atoms with E-state index >= 15 is 0 Å². The van der Waals surface area contributed by atoms with E-state index in [1.54, 1.807) is 12.3 Å². The molecule has 4 atom stereocenters. The van der Waals surface area contributed by atoms with Gasteiger partial charge in [0.25, 0.3) is 0 Å². The highest BCUT2D eigenvalue weighted by atomic mass is 16.3. The second-order valence-electron chi connectivity index (χ2n) is 8.55. The highest BCUT2D eigenvalue weighted by Crippen LogP contribution is 2.46. The van der Waals surface area contributed by atoms with Crippen LogP contribution >= 0.6 is 0 Å². The number of rotatable bonds is 4. The van der Waals surface area contributed by atoms with E-state index in [0.29, 0.717) is 5.69 Å². The molecule has 2 aliphatic heterocycles. The fourth-order valence-electron chi connectivity index (χ4n) is 4.57. The Kier molecular flexibility index (Phi) is 4.51. The standard InChI is InChI=1S/C11H14N2O.C11H12N2O/c2*14-7-10-1-2-11(4-12-10)13-5-8-3-9(8)6-13/h1-2,4,8-9,14H,3,5-7H2;1-2,4,7-9H,3,5-6H2. The first kappa shape index (κ1) is 17.6. The monoisotopic (exact) mass is 378 g/mol. The molecule has 2 saturated heterocycles. The molecule has 2 aromatic heterocycles. The second kappa shape index (κ2) is 7.17. The van der Waals surface area contributed by atoms with E-state index in [9.17, 15) is 4.79 Å². The van der Waals surface area contributed by atoms with Crippen LogP contribution in [0.5, 0.6) is 0 Å². The first-order valence-corrected chi connectivity index (χ1v) is 10.2. The van der Waals surface area contributed by atoms with Crippen LogP contribution in [0.15, 0.2) is 36.7 Å². The molecular weight excluding hydrogens is 352 g/mol. The third-order valence-corrected chi connectivity index (χ3v) is 6.55. The van der Waals surface area contributed by atoms with E-state index in [4.69, 9.17) is 5.11 Å². The maximum absolute atomic E-state index is 10.4. The number of carbonyl (C=O) groups is 1. The molecular formula is C22H26N4O2. The summed E-state index contributed by atoms with van der Waals surface area (Å²) >= 11 is 0. The van der Waals surface area contributed by atoms with Gasteiger partial charge in [-0.25, -0.2) is 0 Å². The molecule has 0 radical (unpaired) electrons. The van der Waals surface area contributed by atoms with Crippen molar-refractivity contribution in [3.8, 4) is 0 Å². The molecule has 0 bridgehead atoms. The van der Waals surface area contributed by atoms with Crippen molar-refractivity contribution in [2.45, 2.75) is 19.4 Å². The molecule has 2 aliphatic carbocycles. The summed E-state index contributed by atoms with van der Waals surface area (Å²) in [6.07, 6.45) is 7.30. The van der Waals surface area contributed by atoms with Gasteiger partial charge >= 0.3 is 0 Å². The van der Waals surface area contributed by atoms with E-state index in [-0.39, 0.29) is 6.61 Å². The Morgan fingerprint density at radius 3 is 1.79 bits per heavy atom. The molecule has 1 N–H and O–H groups in total. The lowest BCUT2D eigenvalue weighted by Gasteiger charge is -2.19. The number of aliphatic hydroxyl groups excluding tert-OH is 1. The number of piperidine rings is 2. The molecule has 146 valence electrons. The van der Waals surface area contributed by atoms with Crippen LogP contribution in [0.1, 0.15) is 29.0 Å². The van der Waals surface area contributed by atoms with Crippen molar-refractivity contribution in [2.24, 2.45) is 23.7 Å². The summed E-state index contributed by atoms with van der Waals surface area (Å²) < 4.78 is 0. The minimum Gasteiger partial charge on any atom is -0.390 e. The molecule has 6 rings (SSSR count). The van der Waals surface area contributed by atoms with E-state index in [2.05, 4.69) is 25.8 Å². The van der Waals surface area contributed by atoms with Gasteiger partial charge < -0.3 is 14.9 Å². The maximum Gasteiger partial charge on any atom is 0.168 e. The van der Waals surface area contributed by atoms with Gasteiger partial charge in [-0.1, -0.05) is 0 Å². The number of carbonyl (C=O) groups excluding carboxylic acids is 1. The second-order valence-corrected chi connectivity index (χ2v) is 8.55. The lowest BCUT2D eigenvalue weighted by molar-refractivity contribution is 0.111. The molecule has 4 unspecified atom stereocenters. The smallest absolute Gasteiger partial charge is 0.168 e. The van der Waals surface area contributed by atoms with Crippen LogP contribution in [0.4, 0.5) is 11.4 Å². The summed E-state index contributed by atoms with van der Waals surface area (Å²) in [6.45, 7) is 4.78. The molecule has 6 heteroatoms. The fourth-order valence-corrected chi connectivity index (χ4v) is 4.57. The zero-order chi connectivity index (χ0) is 19.1. The SMILES string of the molecule is O=Cc1ccc(N2CC3CC3C2)cn1.OCc1ccc(N2CC3CC3C2)cn1. The van der Waals surface area contributed by atoms with E-state index < -0.39 is 0 Å². The summed E-state index contributed by atoms with van der Waals surface area (Å²) in [7, 11) is 0. The van der Waals surface area contributed by atoms with Crippen LogP contribution in [0.3, 0.4) is 0 Å². The number of anilines is 2. The Bertz CT molecular complexity index is 819. The molecule has 0 spiro atoms. The number of nitrogens with zero attached hydrogens (tertiary/aromatic N) is 4. The molecule has 2 saturated carbocycles. The number of hydrogen-bond donors (Lipinski definition) is 1. The molecule has 4 fully saturated rings. The molecule has 28 heavy (non-hydrogen) atoms. The number of aliphatic hydroxyl groups is 1. The van der Waals surface area contributed by atoms with Crippen LogP contribution < -0.4 is 9.80 Å². The first-order chi connectivity index (χ1) is 13.7. The number of pyridine rings is 2. The average molecular weight is 378 g/mol. The maximum atomic E-state index is 10.4. The average Bonchev–Trinajstić information content (AvgIpc) is 3.60. The molecule has 0 aromatic carbocycles. The van der Waals surface area contributed by atoms with Gasteiger partial charge in [0.15, 0.2) is 6.29 Å². The zero-order valence-electron chi connectivity index (χ0n) is 15.9.